The maximum Gasteiger partial charge on any atom is 0.255 e. The maximum atomic E-state index is 13.0. The Balaban J connectivity index is 1.40. The number of nitrogens with zero attached hydrogens (tertiary/aromatic N) is 3. The van der Waals surface area contributed by atoms with Gasteiger partial charge in [-0.3, -0.25) is 9.59 Å². The molecule has 0 bridgehead atoms. The van der Waals surface area contributed by atoms with Crippen LogP contribution in [0.2, 0.25) is 0 Å². The van der Waals surface area contributed by atoms with Crippen LogP contribution in [0.25, 0.3) is 0 Å². The van der Waals surface area contributed by atoms with Crippen LogP contribution in [0, 0.1) is 11.8 Å². The Kier molecular flexibility index (Phi) is 5.65. The van der Waals surface area contributed by atoms with Crippen molar-refractivity contribution in [1.82, 2.24) is 9.88 Å². The third kappa shape index (κ3) is 4.34. The summed E-state index contributed by atoms with van der Waals surface area (Å²) in [6.45, 7) is 7.08. The lowest BCUT2D eigenvalue weighted by molar-refractivity contribution is -0.124. The van der Waals surface area contributed by atoms with E-state index in [0.29, 0.717) is 36.8 Å². The van der Waals surface area contributed by atoms with Gasteiger partial charge in [-0.2, -0.15) is 0 Å². The van der Waals surface area contributed by atoms with Crippen LogP contribution in [0.3, 0.4) is 0 Å². The largest absolute Gasteiger partial charge is 0.348 e. The zero-order chi connectivity index (χ0) is 20.4. The third-order valence-corrected chi connectivity index (χ3v) is 5.93. The van der Waals surface area contributed by atoms with Gasteiger partial charge in [0.05, 0.1) is 5.56 Å². The van der Waals surface area contributed by atoms with Crippen LogP contribution in [0.15, 0.2) is 42.6 Å². The van der Waals surface area contributed by atoms with E-state index in [2.05, 4.69) is 48.0 Å². The molecule has 0 N–H and O–H groups in total. The highest BCUT2D eigenvalue weighted by Crippen LogP contribution is 2.27. The van der Waals surface area contributed by atoms with Crippen molar-refractivity contribution in [2.24, 2.45) is 11.8 Å². The van der Waals surface area contributed by atoms with Crippen molar-refractivity contribution in [3.8, 4) is 0 Å². The second kappa shape index (κ2) is 8.36. The molecule has 1 fully saturated rings. The summed E-state index contributed by atoms with van der Waals surface area (Å²) in [5.74, 6) is 1.50. The van der Waals surface area contributed by atoms with Gasteiger partial charge in [0.2, 0.25) is 0 Å². The molecule has 4 rings (SSSR count). The SMILES string of the molecule is CC(C)CC(=O)[C@H]1CCCN(C(=O)c2ccc(N3Cc4ccccc4C3)nc2)C1. The molecule has 5 heteroatoms. The fraction of sp³-hybridized carbons (Fsp3) is 0.458. The predicted octanol–water partition coefficient (Wildman–Crippen LogP) is 4.07. The Bertz CT molecular complexity index is 866. The smallest absolute Gasteiger partial charge is 0.255 e. The minimum atomic E-state index is -0.0227. The number of carbonyl (C=O) groups excluding carboxylic acids is 2. The first kappa shape index (κ1) is 19.6. The second-order valence-electron chi connectivity index (χ2n) is 8.68. The molecule has 0 saturated carbocycles. The number of likely N-dealkylation sites (tertiary alicyclic amines) is 1. The molecular formula is C24H29N3O2. The van der Waals surface area contributed by atoms with E-state index in [0.717, 1.165) is 31.7 Å². The van der Waals surface area contributed by atoms with Crippen molar-refractivity contribution in [1.29, 1.82) is 0 Å². The highest BCUT2D eigenvalue weighted by molar-refractivity contribution is 5.94. The molecule has 0 radical (unpaired) electrons. The highest BCUT2D eigenvalue weighted by atomic mass is 16.2. The van der Waals surface area contributed by atoms with E-state index in [1.807, 2.05) is 17.0 Å². The molecule has 3 heterocycles. The van der Waals surface area contributed by atoms with Gasteiger partial charge in [-0.25, -0.2) is 4.98 Å². The highest BCUT2D eigenvalue weighted by Gasteiger charge is 2.29. The first-order valence-corrected chi connectivity index (χ1v) is 10.6. The van der Waals surface area contributed by atoms with Gasteiger partial charge in [0.25, 0.3) is 5.91 Å². The molecule has 2 aliphatic rings. The van der Waals surface area contributed by atoms with Crippen LogP contribution >= 0.6 is 0 Å². The number of Topliss-reactive ketones (excluding diaryl/α,β-unsaturated/α-hetero) is 1. The zero-order valence-electron chi connectivity index (χ0n) is 17.3. The number of benzene rings is 1. The lowest BCUT2D eigenvalue weighted by Crippen LogP contribution is -2.42. The summed E-state index contributed by atoms with van der Waals surface area (Å²) in [4.78, 5) is 34.0. The minimum absolute atomic E-state index is 0.0178. The molecule has 1 aromatic heterocycles. The van der Waals surface area contributed by atoms with Crippen LogP contribution in [-0.2, 0) is 17.9 Å². The number of ketones is 1. The standard InChI is InChI=1S/C24H29N3O2/c1-17(2)12-22(28)21-8-5-11-26(16-21)24(29)18-9-10-23(25-13-18)27-14-19-6-3-4-7-20(19)15-27/h3-4,6-7,9-10,13,17,21H,5,8,11-12,14-16H2,1-2H3/t21-/m0/s1. The van der Waals surface area contributed by atoms with E-state index >= 15 is 0 Å². The molecule has 0 unspecified atom stereocenters. The van der Waals surface area contributed by atoms with Gasteiger partial charge in [0.15, 0.2) is 0 Å². The zero-order valence-corrected chi connectivity index (χ0v) is 17.3. The molecule has 1 atom stereocenters. The summed E-state index contributed by atoms with van der Waals surface area (Å²) < 4.78 is 0. The second-order valence-corrected chi connectivity index (χ2v) is 8.68. The molecule has 1 aromatic carbocycles. The van der Waals surface area contributed by atoms with Gasteiger partial charge in [-0.15, -0.1) is 0 Å². The van der Waals surface area contributed by atoms with Crippen LogP contribution < -0.4 is 4.90 Å². The van der Waals surface area contributed by atoms with Gasteiger partial charge < -0.3 is 9.80 Å². The summed E-state index contributed by atoms with van der Waals surface area (Å²) in [5.41, 5.74) is 3.27. The Morgan fingerprint density at radius 2 is 1.83 bits per heavy atom. The number of aromatic nitrogens is 1. The normalized spacial score (nSPS) is 18.8. The Labute approximate surface area is 172 Å². The summed E-state index contributed by atoms with van der Waals surface area (Å²) in [7, 11) is 0. The topological polar surface area (TPSA) is 53.5 Å². The number of amides is 1. The fourth-order valence-electron chi connectivity index (χ4n) is 4.37. The fourth-order valence-corrected chi connectivity index (χ4v) is 4.37. The number of carbonyl (C=O) groups is 2. The minimum Gasteiger partial charge on any atom is -0.348 e. The lowest BCUT2D eigenvalue weighted by Gasteiger charge is -2.32. The molecule has 0 aliphatic carbocycles. The molecule has 29 heavy (non-hydrogen) atoms. The van der Waals surface area contributed by atoms with E-state index in [1.54, 1.807) is 6.20 Å². The molecular weight excluding hydrogens is 362 g/mol. The lowest BCUT2D eigenvalue weighted by atomic mass is 9.89. The van der Waals surface area contributed by atoms with E-state index in [1.165, 1.54) is 11.1 Å². The molecule has 2 aliphatic heterocycles. The van der Waals surface area contributed by atoms with E-state index in [9.17, 15) is 9.59 Å². The van der Waals surface area contributed by atoms with Crippen molar-refractivity contribution >= 4 is 17.5 Å². The number of fused-ring (bicyclic) bond motifs is 1. The van der Waals surface area contributed by atoms with Gasteiger partial charge in [-0.05, 0) is 42.0 Å². The monoisotopic (exact) mass is 391 g/mol. The average Bonchev–Trinajstić information content (AvgIpc) is 3.17. The molecule has 1 amide bonds. The van der Waals surface area contributed by atoms with Crippen molar-refractivity contribution in [2.75, 3.05) is 18.0 Å². The van der Waals surface area contributed by atoms with Gasteiger partial charge >= 0.3 is 0 Å². The van der Waals surface area contributed by atoms with Gasteiger partial charge in [0.1, 0.15) is 11.6 Å². The summed E-state index contributed by atoms with van der Waals surface area (Å²) in [6.07, 6.45) is 4.06. The summed E-state index contributed by atoms with van der Waals surface area (Å²) in [5, 5.41) is 0. The first-order valence-electron chi connectivity index (χ1n) is 10.6. The molecule has 152 valence electrons. The van der Waals surface area contributed by atoms with Crippen LogP contribution in [0.4, 0.5) is 5.82 Å². The number of rotatable bonds is 5. The molecule has 2 aromatic rings. The quantitative estimate of drug-likeness (QED) is 0.771. The summed E-state index contributed by atoms with van der Waals surface area (Å²) in [6, 6.07) is 12.2. The number of piperidine rings is 1. The third-order valence-electron chi connectivity index (χ3n) is 5.93. The van der Waals surface area contributed by atoms with E-state index in [-0.39, 0.29) is 11.8 Å². The Morgan fingerprint density at radius 1 is 1.10 bits per heavy atom. The number of hydrogen-bond donors (Lipinski definition) is 0. The Hall–Kier alpha value is -2.69. The van der Waals surface area contributed by atoms with Crippen molar-refractivity contribution in [3.63, 3.8) is 0 Å². The van der Waals surface area contributed by atoms with Gasteiger partial charge in [-0.1, -0.05) is 38.1 Å². The average molecular weight is 392 g/mol. The van der Waals surface area contributed by atoms with E-state index < -0.39 is 0 Å². The van der Waals surface area contributed by atoms with Crippen LogP contribution in [-0.4, -0.2) is 34.7 Å². The van der Waals surface area contributed by atoms with Crippen molar-refractivity contribution < 1.29 is 9.59 Å². The van der Waals surface area contributed by atoms with Crippen LogP contribution in [0.1, 0.15) is 54.6 Å². The van der Waals surface area contributed by atoms with Crippen LogP contribution in [0.5, 0.6) is 0 Å². The number of hydrogen-bond acceptors (Lipinski definition) is 4. The molecule has 5 nitrogen and oxygen atoms in total. The first-order chi connectivity index (χ1) is 14.0. The van der Waals surface area contributed by atoms with Crippen molar-refractivity contribution in [2.45, 2.75) is 46.2 Å². The number of pyridine rings is 1. The van der Waals surface area contributed by atoms with Crippen molar-refractivity contribution in [3.05, 3.63) is 59.3 Å². The molecule has 1 saturated heterocycles. The maximum absolute atomic E-state index is 13.0. The molecule has 0 spiro atoms. The summed E-state index contributed by atoms with van der Waals surface area (Å²) >= 11 is 0. The van der Waals surface area contributed by atoms with E-state index in [4.69, 9.17) is 0 Å². The predicted molar refractivity (Wildman–Crippen MR) is 114 cm³/mol. The number of anilines is 1. The Morgan fingerprint density at radius 3 is 2.45 bits per heavy atom. The van der Waals surface area contributed by atoms with Gasteiger partial charge in [0, 0.05) is 44.7 Å².